The number of carbonyl (C=O) groups excluding carboxylic acids is 2. The number of hydrogen-bond acceptors (Lipinski definition) is 4. The maximum absolute atomic E-state index is 11.7. The van der Waals surface area contributed by atoms with Gasteiger partial charge in [0.15, 0.2) is 6.10 Å². The van der Waals surface area contributed by atoms with Gasteiger partial charge in [0, 0.05) is 12.4 Å². The molecule has 0 radical (unpaired) electrons. The summed E-state index contributed by atoms with van der Waals surface area (Å²) < 4.78 is 11.5. The molecular weight excluding hydrogens is 222 g/mol. The highest BCUT2D eigenvalue weighted by Crippen LogP contribution is 2.10. The number of aromatic nitrogens is 1. The fourth-order valence-electron chi connectivity index (χ4n) is 1.31. The summed E-state index contributed by atoms with van der Waals surface area (Å²) in [6, 6.07) is 3.18. The van der Waals surface area contributed by atoms with Gasteiger partial charge in [-0.05, 0) is 32.9 Å². The average Bonchev–Trinajstić information content (AvgIpc) is 2.81. The first kappa shape index (κ1) is 13.3. The maximum Gasteiger partial charge on any atom is 0.347 e. The van der Waals surface area contributed by atoms with Gasteiger partial charge in [0.05, 0.1) is 6.61 Å². The van der Waals surface area contributed by atoms with Crippen LogP contribution in [0, 0.1) is 0 Å². The molecule has 0 unspecified atom stereocenters. The van der Waals surface area contributed by atoms with Crippen molar-refractivity contribution in [2.75, 3.05) is 6.61 Å². The van der Waals surface area contributed by atoms with E-state index in [9.17, 15) is 9.59 Å². The highest BCUT2D eigenvalue weighted by atomic mass is 16.6. The third kappa shape index (κ3) is 3.62. The fraction of sp³-hybridized carbons (Fsp3) is 0.500. The van der Waals surface area contributed by atoms with Crippen molar-refractivity contribution in [1.82, 2.24) is 4.57 Å². The molecule has 0 aliphatic heterocycles. The van der Waals surface area contributed by atoms with Crippen LogP contribution in [-0.2, 0) is 19.1 Å². The van der Waals surface area contributed by atoms with Gasteiger partial charge in [-0.2, -0.15) is 0 Å². The molecule has 0 aliphatic rings. The van der Waals surface area contributed by atoms with Gasteiger partial charge in [0.25, 0.3) is 0 Å². The molecule has 5 nitrogen and oxygen atoms in total. The van der Waals surface area contributed by atoms with Crippen LogP contribution in [0.3, 0.4) is 0 Å². The third-order valence-corrected chi connectivity index (χ3v) is 2.33. The van der Waals surface area contributed by atoms with Crippen molar-refractivity contribution in [2.45, 2.75) is 32.9 Å². The average molecular weight is 239 g/mol. The van der Waals surface area contributed by atoms with Gasteiger partial charge in [-0.1, -0.05) is 0 Å². The predicted octanol–water partition coefficient (Wildman–Crippen LogP) is 1.54. The second-order valence-electron chi connectivity index (χ2n) is 3.64. The molecule has 1 aromatic rings. The monoisotopic (exact) mass is 239 g/mol. The van der Waals surface area contributed by atoms with Crippen LogP contribution in [0.1, 0.15) is 26.8 Å². The van der Waals surface area contributed by atoms with Gasteiger partial charge in [0.1, 0.15) is 6.04 Å². The highest BCUT2D eigenvalue weighted by molar-refractivity contribution is 5.80. The molecular formula is C12H17NO4. The minimum atomic E-state index is -0.875. The number of esters is 2. The molecule has 0 aromatic carbocycles. The van der Waals surface area contributed by atoms with E-state index in [1.807, 2.05) is 12.1 Å². The molecule has 0 amide bonds. The summed E-state index contributed by atoms with van der Waals surface area (Å²) in [4.78, 5) is 23.0. The highest BCUT2D eigenvalue weighted by Gasteiger charge is 2.23. The first-order valence-electron chi connectivity index (χ1n) is 5.55. The van der Waals surface area contributed by atoms with Gasteiger partial charge in [0.2, 0.25) is 0 Å². The smallest absolute Gasteiger partial charge is 0.347 e. The van der Waals surface area contributed by atoms with Crippen molar-refractivity contribution in [2.24, 2.45) is 0 Å². The number of carbonyl (C=O) groups is 2. The minimum absolute atomic E-state index is 0.272. The lowest BCUT2D eigenvalue weighted by Crippen LogP contribution is -2.29. The lowest BCUT2D eigenvalue weighted by molar-refractivity contribution is -0.168. The van der Waals surface area contributed by atoms with Crippen molar-refractivity contribution < 1.29 is 19.1 Å². The Morgan fingerprint density at radius 1 is 1.18 bits per heavy atom. The molecule has 17 heavy (non-hydrogen) atoms. The van der Waals surface area contributed by atoms with Gasteiger partial charge < -0.3 is 14.0 Å². The Hall–Kier alpha value is -1.78. The van der Waals surface area contributed by atoms with Crippen molar-refractivity contribution in [3.05, 3.63) is 24.5 Å². The van der Waals surface area contributed by atoms with E-state index in [1.165, 1.54) is 6.92 Å². The second-order valence-corrected chi connectivity index (χ2v) is 3.64. The van der Waals surface area contributed by atoms with Crippen molar-refractivity contribution >= 4 is 11.9 Å². The van der Waals surface area contributed by atoms with Crippen LogP contribution in [0.25, 0.3) is 0 Å². The van der Waals surface area contributed by atoms with E-state index in [-0.39, 0.29) is 6.61 Å². The summed E-state index contributed by atoms with van der Waals surface area (Å²) in [5.41, 5.74) is 0. The normalized spacial score (nSPS) is 13.8. The Labute approximate surface area is 100 Å². The number of nitrogens with zero attached hydrogens (tertiary/aromatic N) is 1. The van der Waals surface area contributed by atoms with Gasteiger partial charge in [-0.25, -0.2) is 9.59 Å². The first-order chi connectivity index (χ1) is 8.06. The lowest BCUT2D eigenvalue weighted by Gasteiger charge is -2.16. The number of ether oxygens (including phenoxy) is 2. The van der Waals surface area contributed by atoms with Crippen LogP contribution in [0.2, 0.25) is 0 Å². The Morgan fingerprint density at radius 3 is 2.29 bits per heavy atom. The van der Waals surface area contributed by atoms with Gasteiger partial charge >= 0.3 is 11.9 Å². The van der Waals surface area contributed by atoms with Crippen LogP contribution in [0.5, 0.6) is 0 Å². The summed E-state index contributed by atoms with van der Waals surface area (Å²) in [6.07, 6.45) is 2.66. The van der Waals surface area contributed by atoms with Crippen LogP contribution < -0.4 is 0 Å². The van der Waals surface area contributed by atoms with Crippen molar-refractivity contribution in [3.8, 4) is 0 Å². The van der Waals surface area contributed by atoms with E-state index in [4.69, 9.17) is 9.47 Å². The molecule has 1 rings (SSSR count). The van der Waals surface area contributed by atoms with Crippen molar-refractivity contribution in [3.63, 3.8) is 0 Å². The number of hydrogen-bond donors (Lipinski definition) is 0. The molecule has 0 aliphatic carbocycles. The Morgan fingerprint density at radius 2 is 1.76 bits per heavy atom. The molecule has 5 heteroatoms. The Kier molecular flexibility index (Phi) is 4.75. The molecule has 94 valence electrons. The largest absolute Gasteiger partial charge is 0.463 e. The van der Waals surface area contributed by atoms with Crippen LogP contribution in [0.4, 0.5) is 0 Å². The number of rotatable bonds is 5. The van der Waals surface area contributed by atoms with E-state index >= 15 is 0 Å². The van der Waals surface area contributed by atoms with E-state index in [0.717, 1.165) is 0 Å². The van der Waals surface area contributed by atoms with E-state index in [2.05, 4.69) is 0 Å². The van der Waals surface area contributed by atoms with Crippen LogP contribution in [-0.4, -0.2) is 29.2 Å². The standard InChI is InChI=1S/C12H17NO4/c1-4-16-12(15)10(3)17-11(14)9(2)13-7-5-6-8-13/h5-10H,4H2,1-3H3/t9-,10+/m0/s1. The summed E-state index contributed by atoms with van der Waals surface area (Å²) in [5, 5.41) is 0. The first-order valence-corrected chi connectivity index (χ1v) is 5.55. The SMILES string of the molecule is CCOC(=O)[C@@H](C)OC(=O)[C@H](C)n1cccc1. The van der Waals surface area contributed by atoms with Crippen LogP contribution >= 0.6 is 0 Å². The quantitative estimate of drug-likeness (QED) is 0.731. The molecule has 0 saturated carbocycles. The molecule has 0 saturated heterocycles. The van der Waals surface area contributed by atoms with Gasteiger partial charge in [-0.15, -0.1) is 0 Å². The molecule has 1 aromatic heterocycles. The summed E-state index contributed by atoms with van der Waals surface area (Å²) in [6.45, 7) is 5.18. The second kappa shape index (κ2) is 6.08. The molecule has 0 N–H and O–H groups in total. The lowest BCUT2D eigenvalue weighted by atomic mass is 10.3. The minimum Gasteiger partial charge on any atom is -0.463 e. The predicted molar refractivity (Wildman–Crippen MR) is 61.3 cm³/mol. The summed E-state index contributed by atoms with van der Waals surface area (Å²) >= 11 is 0. The van der Waals surface area contributed by atoms with Crippen LogP contribution in [0.15, 0.2) is 24.5 Å². The molecule has 2 atom stereocenters. The maximum atomic E-state index is 11.7. The summed E-state index contributed by atoms with van der Waals surface area (Å²) in [5.74, 6) is -0.984. The zero-order valence-corrected chi connectivity index (χ0v) is 10.3. The molecule has 0 spiro atoms. The topological polar surface area (TPSA) is 57.5 Å². The van der Waals surface area contributed by atoms with E-state index in [0.29, 0.717) is 0 Å². The zero-order valence-electron chi connectivity index (χ0n) is 10.3. The van der Waals surface area contributed by atoms with E-state index in [1.54, 1.807) is 30.8 Å². The van der Waals surface area contributed by atoms with Gasteiger partial charge in [-0.3, -0.25) is 0 Å². The Balaban J connectivity index is 2.52. The Bertz CT molecular complexity index is 372. The van der Waals surface area contributed by atoms with Crippen molar-refractivity contribution in [1.29, 1.82) is 0 Å². The summed E-state index contributed by atoms with van der Waals surface area (Å²) in [7, 11) is 0. The molecule has 1 heterocycles. The zero-order chi connectivity index (χ0) is 12.8. The van der Waals surface area contributed by atoms with E-state index < -0.39 is 24.1 Å². The fourth-order valence-corrected chi connectivity index (χ4v) is 1.31. The molecule has 0 fully saturated rings. The third-order valence-electron chi connectivity index (χ3n) is 2.33. The molecule has 0 bridgehead atoms.